The average Bonchev–Trinajstić information content (AvgIpc) is 3.55. The lowest BCUT2D eigenvalue weighted by molar-refractivity contribution is -0.141. The van der Waals surface area contributed by atoms with Crippen LogP contribution in [-0.4, -0.2) is 63.2 Å². The van der Waals surface area contributed by atoms with E-state index in [0.717, 1.165) is 81.9 Å². The third kappa shape index (κ3) is 4.13. The van der Waals surface area contributed by atoms with Crippen LogP contribution < -0.4 is 0 Å². The fourth-order valence-corrected chi connectivity index (χ4v) is 6.07. The first kappa shape index (κ1) is 21.0. The number of hydrogen-bond donors (Lipinski definition) is 0. The number of hydrogen-bond acceptors (Lipinski definition) is 4. The van der Waals surface area contributed by atoms with E-state index < -0.39 is 0 Å². The maximum atomic E-state index is 12.9. The Morgan fingerprint density at radius 1 is 1.03 bits per heavy atom. The summed E-state index contributed by atoms with van der Waals surface area (Å²) < 4.78 is 8.30. The molecule has 3 fully saturated rings. The summed E-state index contributed by atoms with van der Waals surface area (Å²) in [5.74, 6) is 1.14. The SMILES string of the molecule is Cn1nc(C(=O)N2CCCC2)c2c1CC1(CCN(C(=O)CCC3CCCC3)CC1)OC2. The Labute approximate surface area is 185 Å². The zero-order valence-electron chi connectivity index (χ0n) is 18.9. The third-order valence-electron chi connectivity index (χ3n) is 8.15. The zero-order valence-corrected chi connectivity index (χ0v) is 18.9. The fourth-order valence-electron chi connectivity index (χ4n) is 6.07. The van der Waals surface area contributed by atoms with E-state index in [0.29, 0.717) is 24.6 Å². The van der Waals surface area contributed by atoms with E-state index >= 15 is 0 Å². The van der Waals surface area contributed by atoms with Crippen LogP contribution in [0, 0.1) is 5.92 Å². The molecule has 0 radical (unpaired) electrons. The average molecular weight is 429 g/mol. The molecule has 1 aromatic heterocycles. The van der Waals surface area contributed by atoms with Gasteiger partial charge in [-0.15, -0.1) is 0 Å². The summed E-state index contributed by atoms with van der Waals surface area (Å²) in [6, 6.07) is 0. The molecule has 0 N–H and O–H groups in total. The molecule has 0 atom stereocenters. The normalized spacial score (nSPS) is 23.5. The molecule has 7 nitrogen and oxygen atoms in total. The second kappa shape index (κ2) is 8.57. The topological polar surface area (TPSA) is 67.7 Å². The number of likely N-dealkylation sites (tertiary alicyclic amines) is 2. The van der Waals surface area contributed by atoms with Crippen LogP contribution in [0.1, 0.15) is 86.0 Å². The molecule has 0 aromatic carbocycles. The van der Waals surface area contributed by atoms with Gasteiger partial charge in [-0.05, 0) is 38.0 Å². The van der Waals surface area contributed by atoms with Crippen molar-refractivity contribution in [2.45, 2.75) is 82.8 Å². The van der Waals surface area contributed by atoms with Crippen molar-refractivity contribution in [2.24, 2.45) is 13.0 Å². The molecular formula is C24H36N4O3. The number of aromatic nitrogens is 2. The molecule has 2 amide bonds. The van der Waals surface area contributed by atoms with Crippen LogP contribution in [0.5, 0.6) is 0 Å². The van der Waals surface area contributed by atoms with E-state index in [1.165, 1.54) is 25.7 Å². The highest BCUT2D eigenvalue weighted by Gasteiger charge is 2.43. The van der Waals surface area contributed by atoms with Gasteiger partial charge in [0.2, 0.25) is 5.91 Å². The van der Waals surface area contributed by atoms with Crippen molar-refractivity contribution in [1.82, 2.24) is 19.6 Å². The highest BCUT2D eigenvalue weighted by atomic mass is 16.5. The summed E-state index contributed by atoms with van der Waals surface area (Å²) in [6.07, 6.45) is 11.7. The molecule has 1 saturated carbocycles. The first-order chi connectivity index (χ1) is 15.0. The number of carbonyl (C=O) groups excluding carboxylic acids is 2. The number of piperidine rings is 1. The lowest BCUT2D eigenvalue weighted by Gasteiger charge is -2.44. The molecule has 170 valence electrons. The lowest BCUT2D eigenvalue weighted by atomic mass is 9.83. The number of nitrogens with zero attached hydrogens (tertiary/aromatic N) is 4. The van der Waals surface area contributed by atoms with E-state index in [4.69, 9.17) is 4.74 Å². The quantitative estimate of drug-likeness (QED) is 0.739. The molecule has 0 bridgehead atoms. The number of fused-ring (bicyclic) bond motifs is 1. The first-order valence-electron chi connectivity index (χ1n) is 12.3. The van der Waals surface area contributed by atoms with E-state index in [2.05, 4.69) is 5.10 Å². The zero-order chi connectivity index (χ0) is 21.4. The highest BCUT2D eigenvalue weighted by Crippen LogP contribution is 2.38. The second-order valence-electron chi connectivity index (χ2n) is 10.1. The van der Waals surface area contributed by atoms with Gasteiger partial charge in [-0.2, -0.15) is 5.10 Å². The van der Waals surface area contributed by atoms with Crippen molar-refractivity contribution in [3.8, 4) is 0 Å². The highest BCUT2D eigenvalue weighted by molar-refractivity contribution is 5.94. The van der Waals surface area contributed by atoms with Gasteiger partial charge in [-0.1, -0.05) is 25.7 Å². The lowest BCUT2D eigenvalue weighted by Crippen LogP contribution is -2.50. The molecule has 7 heteroatoms. The number of aryl methyl sites for hydroxylation is 1. The molecule has 5 rings (SSSR count). The van der Waals surface area contributed by atoms with Crippen LogP contribution in [-0.2, 0) is 29.6 Å². The minimum Gasteiger partial charge on any atom is -0.370 e. The Balaban J connectivity index is 1.20. The summed E-state index contributed by atoms with van der Waals surface area (Å²) in [7, 11) is 1.94. The first-order valence-corrected chi connectivity index (χ1v) is 12.3. The van der Waals surface area contributed by atoms with E-state index in [1.54, 1.807) is 0 Å². The smallest absolute Gasteiger partial charge is 0.274 e. The maximum absolute atomic E-state index is 12.9. The van der Waals surface area contributed by atoms with Crippen molar-refractivity contribution < 1.29 is 14.3 Å². The van der Waals surface area contributed by atoms with Gasteiger partial charge in [0, 0.05) is 57.3 Å². The molecule has 31 heavy (non-hydrogen) atoms. The van der Waals surface area contributed by atoms with Gasteiger partial charge in [0.15, 0.2) is 5.69 Å². The summed E-state index contributed by atoms with van der Waals surface area (Å²) in [4.78, 5) is 29.6. The van der Waals surface area contributed by atoms with Crippen LogP contribution >= 0.6 is 0 Å². The van der Waals surface area contributed by atoms with E-state index in [1.807, 2.05) is 21.5 Å². The van der Waals surface area contributed by atoms with Crippen LogP contribution in [0.4, 0.5) is 0 Å². The van der Waals surface area contributed by atoms with Gasteiger partial charge in [-0.3, -0.25) is 14.3 Å². The second-order valence-corrected chi connectivity index (χ2v) is 10.1. The van der Waals surface area contributed by atoms with Crippen molar-refractivity contribution >= 4 is 11.8 Å². The van der Waals surface area contributed by atoms with Gasteiger partial charge in [0.1, 0.15) is 0 Å². The summed E-state index contributed by atoms with van der Waals surface area (Å²) in [5.41, 5.74) is 2.46. The third-order valence-corrected chi connectivity index (χ3v) is 8.15. The Morgan fingerprint density at radius 3 is 2.45 bits per heavy atom. The van der Waals surface area contributed by atoms with Gasteiger partial charge in [-0.25, -0.2) is 0 Å². The molecule has 0 unspecified atom stereocenters. The molecule has 1 spiro atoms. The monoisotopic (exact) mass is 428 g/mol. The van der Waals surface area contributed by atoms with Crippen molar-refractivity contribution in [1.29, 1.82) is 0 Å². The van der Waals surface area contributed by atoms with Gasteiger partial charge in [0.05, 0.1) is 12.2 Å². The van der Waals surface area contributed by atoms with Gasteiger partial charge >= 0.3 is 0 Å². The van der Waals surface area contributed by atoms with Crippen molar-refractivity contribution in [3.05, 3.63) is 17.0 Å². The molecule has 4 aliphatic rings. The number of amides is 2. The Bertz CT molecular complexity index is 828. The molecule has 2 saturated heterocycles. The summed E-state index contributed by atoms with van der Waals surface area (Å²) in [5, 5.41) is 4.60. The largest absolute Gasteiger partial charge is 0.370 e. The molecular weight excluding hydrogens is 392 g/mol. The maximum Gasteiger partial charge on any atom is 0.274 e. The Morgan fingerprint density at radius 2 is 1.74 bits per heavy atom. The van der Waals surface area contributed by atoms with Crippen molar-refractivity contribution in [3.63, 3.8) is 0 Å². The molecule has 1 aliphatic carbocycles. The minimum atomic E-state index is -0.225. The summed E-state index contributed by atoms with van der Waals surface area (Å²) >= 11 is 0. The van der Waals surface area contributed by atoms with Crippen LogP contribution in [0.2, 0.25) is 0 Å². The standard InChI is InChI=1S/C24H36N4O3/c1-26-20-16-24(31-17-19(20)22(25-26)23(30)28-12-4-5-13-28)10-14-27(15-11-24)21(29)9-8-18-6-2-3-7-18/h18H,2-17H2,1H3. The number of ether oxygens (including phenoxy) is 1. The number of carbonyl (C=O) groups is 2. The van der Waals surface area contributed by atoms with Crippen LogP contribution in [0.15, 0.2) is 0 Å². The Kier molecular flexibility index (Phi) is 5.80. The molecule has 1 aromatic rings. The minimum absolute atomic E-state index is 0.0524. The van der Waals surface area contributed by atoms with E-state index in [9.17, 15) is 9.59 Å². The van der Waals surface area contributed by atoms with Crippen LogP contribution in [0.25, 0.3) is 0 Å². The molecule has 3 aliphatic heterocycles. The fraction of sp³-hybridized carbons (Fsp3) is 0.792. The summed E-state index contributed by atoms with van der Waals surface area (Å²) in [6.45, 7) is 3.67. The molecule has 4 heterocycles. The van der Waals surface area contributed by atoms with Crippen molar-refractivity contribution in [2.75, 3.05) is 26.2 Å². The number of rotatable bonds is 4. The predicted octanol–water partition coefficient (Wildman–Crippen LogP) is 3.06. The van der Waals surface area contributed by atoms with Gasteiger partial charge < -0.3 is 14.5 Å². The van der Waals surface area contributed by atoms with E-state index in [-0.39, 0.29) is 11.5 Å². The van der Waals surface area contributed by atoms with Gasteiger partial charge in [0.25, 0.3) is 5.91 Å². The Hall–Kier alpha value is -1.89. The predicted molar refractivity (Wildman–Crippen MR) is 117 cm³/mol. The van der Waals surface area contributed by atoms with Crippen LogP contribution in [0.3, 0.4) is 0 Å².